The highest BCUT2D eigenvalue weighted by Gasteiger charge is 2.11. The minimum absolute atomic E-state index is 0.0315. The lowest BCUT2D eigenvalue weighted by atomic mass is 10.2. The molecule has 4 nitrogen and oxygen atoms in total. The molecular weight excluding hydrogens is 278 g/mol. The van der Waals surface area contributed by atoms with Gasteiger partial charge >= 0.3 is 0 Å². The van der Waals surface area contributed by atoms with Crippen LogP contribution in [0.5, 0.6) is 5.75 Å². The Morgan fingerprint density at radius 2 is 1.81 bits per heavy atom. The monoisotopic (exact) mass is 292 g/mol. The number of hydrogen-bond donors (Lipinski definition) is 1. The van der Waals surface area contributed by atoms with Gasteiger partial charge in [-0.3, -0.25) is 4.79 Å². The van der Waals surface area contributed by atoms with Gasteiger partial charge in [0.25, 0.3) is 5.91 Å². The number of hydrogen-bond acceptors (Lipinski definition) is 3. The largest absolute Gasteiger partial charge is 0.491 e. The van der Waals surface area contributed by atoms with Gasteiger partial charge in [0.1, 0.15) is 5.75 Å². The topological polar surface area (TPSA) is 51.2 Å². The Morgan fingerprint density at radius 1 is 1.14 bits per heavy atom. The van der Waals surface area contributed by atoms with E-state index in [-0.39, 0.29) is 11.8 Å². The van der Waals surface area contributed by atoms with E-state index in [0.29, 0.717) is 11.3 Å². The van der Waals surface area contributed by atoms with Crippen LogP contribution < -0.4 is 10.1 Å². The number of nitrogens with zero attached hydrogens (tertiary/aromatic N) is 1. The standard InChI is InChI=1S/C15H14F2N2O2/c1-9(2)21-11-5-3-10(4-6-11)15(20)18-12-7-8-13(16)19-14(12)17/h3-9H,1-2H3,(H,18,20). The number of benzene rings is 1. The Kier molecular flexibility index (Phi) is 4.47. The third-order valence-electron chi connectivity index (χ3n) is 2.55. The molecule has 0 radical (unpaired) electrons. The predicted molar refractivity (Wildman–Crippen MR) is 74.3 cm³/mol. The molecule has 0 saturated heterocycles. The highest BCUT2D eigenvalue weighted by atomic mass is 19.1. The quantitative estimate of drug-likeness (QED) is 0.879. The van der Waals surface area contributed by atoms with E-state index < -0.39 is 17.8 Å². The highest BCUT2D eigenvalue weighted by Crippen LogP contribution is 2.16. The lowest BCUT2D eigenvalue weighted by molar-refractivity contribution is 0.102. The summed E-state index contributed by atoms with van der Waals surface area (Å²) < 4.78 is 31.5. The average molecular weight is 292 g/mol. The molecular formula is C15H14F2N2O2. The summed E-state index contributed by atoms with van der Waals surface area (Å²) in [7, 11) is 0. The molecule has 0 aliphatic rings. The second-order valence-electron chi connectivity index (χ2n) is 4.62. The third-order valence-corrected chi connectivity index (χ3v) is 2.55. The van der Waals surface area contributed by atoms with Crippen molar-refractivity contribution in [2.75, 3.05) is 5.32 Å². The predicted octanol–water partition coefficient (Wildman–Crippen LogP) is 3.40. The SMILES string of the molecule is CC(C)Oc1ccc(C(=O)Nc2ccc(F)nc2F)cc1. The molecule has 0 fully saturated rings. The van der Waals surface area contributed by atoms with Gasteiger partial charge in [-0.2, -0.15) is 13.8 Å². The van der Waals surface area contributed by atoms with Crippen molar-refractivity contribution in [2.24, 2.45) is 0 Å². The van der Waals surface area contributed by atoms with Crippen molar-refractivity contribution in [3.63, 3.8) is 0 Å². The van der Waals surface area contributed by atoms with Gasteiger partial charge < -0.3 is 10.1 Å². The summed E-state index contributed by atoms with van der Waals surface area (Å²) in [6.07, 6.45) is 0.0315. The molecule has 21 heavy (non-hydrogen) atoms. The van der Waals surface area contributed by atoms with Crippen LogP contribution >= 0.6 is 0 Å². The van der Waals surface area contributed by atoms with Gasteiger partial charge in [0, 0.05) is 5.56 Å². The summed E-state index contributed by atoms with van der Waals surface area (Å²) in [5.74, 6) is -1.89. The molecule has 2 rings (SSSR count). The molecule has 0 aliphatic carbocycles. The zero-order valence-electron chi connectivity index (χ0n) is 11.6. The summed E-state index contributed by atoms with van der Waals surface area (Å²) >= 11 is 0. The molecule has 1 aromatic heterocycles. The lowest BCUT2D eigenvalue weighted by Gasteiger charge is -2.10. The van der Waals surface area contributed by atoms with Gasteiger partial charge in [-0.25, -0.2) is 0 Å². The molecule has 1 aromatic carbocycles. The second-order valence-corrected chi connectivity index (χ2v) is 4.62. The fourth-order valence-electron chi connectivity index (χ4n) is 1.66. The van der Waals surface area contributed by atoms with Crippen LogP contribution in [-0.2, 0) is 0 Å². The number of halogens is 2. The number of nitrogens with one attached hydrogen (secondary N) is 1. The first kappa shape index (κ1) is 14.9. The van der Waals surface area contributed by atoms with E-state index in [1.54, 1.807) is 24.3 Å². The molecule has 0 unspecified atom stereocenters. The van der Waals surface area contributed by atoms with Crippen LogP contribution in [0.4, 0.5) is 14.5 Å². The number of rotatable bonds is 4. The summed E-state index contributed by atoms with van der Waals surface area (Å²) in [4.78, 5) is 14.9. The van der Waals surface area contributed by atoms with Crippen LogP contribution in [0.3, 0.4) is 0 Å². The normalized spacial score (nSPS) is 10.5. The summed E-state index contributed by atoms with van der Waals surface area (Å²) in [6.45, 7) is 3.79. The molecule has 1 N–H and O–H groups in total. The zero-order chi connectivity index (χ0) is 15.4. The number of pyridine rings is 1. The van der Waals surface area contributed by atoms with E-state index in [1.807, 2.05) is 13.8 Å². The van der Waals surface area contributed by atoms with Gasteiger partial charge in [-0.1, -0.05) is 0 Å². The summed E-state index contributed by atoms with van der Waals surface area (Å²) in [5, 5.41) is 2.33. The Bertz CT molecular complexity index is 643. The van der Waals surface area contributed by atoms with Crippen LogP contribution in [0.25, 0.3) is 0 Å². The fourth-order valence-corrected chi connectivity index (χ4v) is 1.66. The smallest absolute Gasteiger partial charge is 0.255 e. The molecule has 2 aromatic rings. The third kappa shape index (κ3) is 3.98. The summed E-state index contributed by atoms with van der Waals surface area (Å²) in [6, 6.07) is 8.50. The maximum absolute atomic E-state index is 13.3. The van der Waals surface area contributed by atoms with E-state index >= 15 is 0 Å². The van der Waals surface area contributed by atoms with Crippen molar-refractivity contribution < 1.29 is 18.3 Å². The molecule has 0 saturated carbocycles. The minimum Gasteiger partial charge on any atom is -0.491 e. The van der Waals surface area contributed by atoms with Crippen molar-refractivity contribution in [1.29, 1.82) is 0 Å². The average Bonchev–Trinajstić information content (AvgIpc) is 2.42. The first-order chi connectivity index (χ1) is 9.95. The van der Waals surface area contributed by atoms with Crippen LogP contribution in [0.2, 0.25) is 0 Å². The summed E-state index contributed by atoms with van der Waals surface area (Å²) in [5.41, 5.74) is 0.152. The molecule has 0 bridgehead atoms. The van der Waals surface area contributed by atoms with Crippen molar-refractivity contribution in [1.82, 2.24) is 4.98 Å². The number of anilines is 1. The van der Waals surface area contributed by atoms with E-state index in [9.17, 15) is 13.6 Å². The molecule has 6 heteroatoms. The second kappa shape index (κ2) is 6.30. The van der Waals surface area contributed by atoms with Gasteiger partial charge in [0.15, 0.2) is 0 Å². The van der Waals surface area contributed by atoms with Crippen LogP contribution in [0.15, 0.2) is 36.4 Å². The fraction of sp³-hybridized carbons (Fsp3) is 0.200. The Morgan fingerprint density at radius 3 is 2.38 bits per heavy atom. The van der Waals surface area contributed by atoms with Gasteiger partial charge in [-0.05, 0) is 50.2 Å². The van der Waals surface area contributed by atoms with Crippen molar-refractivity contribution >= 4 is 11.6 Å². The van der Waals surface area contributed by atoms with Crippen molar-refractivity contribution in [3.8, 4) is 5.75 Å². The lowest BCUT2D eigenvalue weighted by Crippen LogP contribution is -2.14. The number of carbonyl (C=O) groups excluding carboxylic acids is 1. The number of amides is 1. The molecule has 0 aliphatic heterocycles. The zero-order valence-corrected chi connectivity index (χ0v) is 11.6. The minimum atomic E-state index is -1.07. The Labute approximate surface area is 120 Å². The maximum atomic E-state index is 13.3. The van der Waals surface area contributed by atoms with Gasteiger partial charge in [-0.15, -0.1) is 0 Å². The molecule has 110 valence electrons. The number of carbonyl (C=O) groups is 1. The van der Waals surface area contributed by atoms with E-state index in [4.69, 9.17) is 4.74 Å². The van der Waals surface area contributed by atoms with E-state index in [1.165, 1.54) is 0 Å². The van der Waals surface area contributed by atoms with Crippen molar-refractivity contribution in [3.05, 3.63) is 53.9 Å². The van der Waals surface area contributed by atoms with Crippen LogP contribution in [-0.4, -0.2) is 17.0 Å². The maximum Gasteiger partial charge on any atom is 0.255 e. The van der Waals surface area contributed by atoms with Gasteiger partial charge in [0.05, 0.1) is 11.8 Å². The van der Waals surface area contributed by atoms with Crippen LogP contribution in [0.1, 0.15) is 24.2 Å². The van der Waals surface area contributed by atoms with E-state index in [2.05, 4.69) is 10.3 Å². The van der Waals surface area contributed by atoms with Gasteiger partial charge in [0.2, 0.25) is 11.9 Å². The molecule has 0 spiro atoms. The van der Waals surface area contributed by atoms with E-state index in [0.717, 1.165) is 12.1 Å². The Balaban J connectivity index is 2.09. The molecule has 1 amide bonds. The Hall–Kier alpha value is -2.50. The number of aromatic nitrogens is 1. The highest BCUT2D eigenvalue weighted by molar-refractivity contribution is 6.04. The number of ether oxygens (including phenoxy) is 1. The molecule has 0 atom stereocenters. The van der Waals surface area contributed by atoms with Crippen molar-refractivity contribution in [2.45, 2.75) is 20.0 Å². The first-order valence-electron chi connectivity index (χ1n) is 6.36. The molecule has 1 heterocycles. The van der Waals surface area contributed by atoms with Crippen LogP contribution in [0, 0.1) is 11.9 Å². The first-order valence-corrected chi connectivity index (χ1v) is 6.36.